The number of amides is 2. The number of hydrogen-bond donors (Lipinski definition) is 3. The van der Waals surface area contributed by atoms with Crippen LogP contribution in [0.15, 0.2) is 48.0 Å². The number of para-hydroxylation sites is 1. The number of benzene rings is 1. The Morgan fingerprint density at radius 1 is 1.17 bits per heavy atom. The van der Waals surface area contributed by atoms with Gasteiger partial charge in [-0.05, 0) is 29.5 Å². The molecule has 0 spiro atoms. The maximum atomic E-state index is 13.0. The lowest BCUT2D eigenvalue weighted by atomic mass is 10.0. The quantitative estimate of drug-likeness (QED) is 0.421. The fourth-order valence-corrected chi connectivity index (χ4v) is 4.32. The Morgan fingerprint density at radius 3 is 2.79 bits per heavy atom. The van der Waals surface area contributed by atoms with Crippen molar-refractivity contribution in [2.75, 3.05) is 5.32 Å². The maximum Gasteiger partial charge on any atom is 0.262 e. The molecule has 0 aliphatic carbocycles. The Balaban J connectivity index is 1.57. The minimum absolute atomic E-state index is 0.272. The first-order chi connectivity index (χ1) is 14.1. The Hall–Kier alpha value is -3.04. The van der Waals surface area contributed by atoms with E-state index in [1.807, 2.05) is 48.8 Å². The number of nitrogens with zero attached hydrogens (tertiary/aromatic N) is 2. The SMILES string of the molecule is CCc1nnc(NC(=O)[C@H](Cc2c[nH]c3ccccc23)NC(=O)c2cccs2)s1. The van der Waals surface area contributed by atoms with E-state index < -0.39 is 6.04 Å². The number of anilines is 1. The van der Waals surface area contributed by atoms with Crippen molar-refractivity contribution in [3.8, 4) is 0 Å². The van der Waals surface area contributed by atoms with Gasteiger partial charge in [0.05, 0.1) is 4.88 Å². The van der Waals surface area contributed by atoms with E-state index in [0.29, 0.717) is 16.4 Å². The molecule has 4 aromatic rings. The summed E-state index contributed by atoms with van der Waals surface area (Å²) in [6.45, 7) is 1.98. The summed E-state index contributed by atoms with van der Waals surface area (Å²) in [6.07, 6.45) is 2.98. The number of carbonyl (C=O) groups excluding carboxylic acids is 2. The van der Waals surface area contributed by atoms with Crippen molar-refractivity contribution < 1.29 is 9.59 Å². The first-order valence-electron chi connectivity index (χ1n) is 9.16. The molecule has 1 atom stereocenters. The fraction of sp³-hybridized carbons (Fsp3) is 0.200. The predicted octanol–water partition coefficient (Wildman–Crippen LogP) is 3.62. The van der Waals surface area contributed by atoms with Crippen molar-refractivity contribution in [3.05, 3.63) is 63.4 Å². The lowest BCUT2D eigenvalue weighted by molar-refractivity contribution is -0.118. The highest BCUT2D eigenvalue weighted by Gasteiger charge is 2.24. The minimum atomic E-state index is -0.752. The number of thiophene rings is 1. The Kier molecular flexibility index (Phi) is 5.68. The zero-order valence-electron chi connectivity index (χ0n) is 15.6. The van der Waals surface area contributed by atoms with Gasteiger partial charge in [0, 0.05) is 23.5 Å². The van der Waals surface area contributed by atoms with Gasteiger partial charge in [0.2, 0.25) is 11.0 Å². The molecule has 9 heteroatoms. The van der Waals surface area contributed by atoms with Crippen LogP contribution >= 0.6 is 22.7 Å². The molecule has 0 aliphatic heterocycles. The second-order valence-corrected chi connectivity index (χ2v) is 8.42. The molecule has 2 amide bonds. The van der Waals surface area contributed by atoms with E-state index in [4.69, 9.17) is 0 Å². The number of rotatable bonds is 7. The molecule has 4 rings (SSSR count). The second kappa shape index (κ2) is 8.54. The van der Waals surface area contributed by atoms with Gasteiger partial charge in [0.25, 0.3) is 5.91 Å². The largest absolute Gasteiger partial charge is 0.361 e. The number of H-pyrrole nitrogens is 1. The van der Waals surface area contributed by atoms with Gasteiger partial charge < -0.3 is 10.3 Å². The van der Waals surface area contributed by atoms with E-state index in [2.05, 4.69) is 25.8 Å². The average Bonchev–Trinajstić information content (AvgIpc) is 3.48. The molecule has 29 heavy (non-hydrogen) atoms. The Morgan fingerprint density at radius 2 is 2.03 bits per heavy atom. The summed E-state index contributed by atoms with van der Waals surface area (Å²) in [5.41, 5.74) is 1.95. The van der Waals surface area contributed by atoms with Gasteiger partial charge in [-0.2, -0.15) is 0 Å². The Labute approximate surface area is 175 Å². The molecule has 7 nitrogen and oxygen atoms in total. The molecule has 0 unspecified atom stereocenters. The van der Waals surface area contributed by atoms with Crippen molar-refractivity contribution in [1.82, 2.24) is 20.5 Å². The zero-order valence-corrected chi connectivity index (χ0v) is 17.3. The van der Waals surface area contributed by atoms with E-state index in [0.717, 1.165) is 27.9 Å². The van der Waals surface area contributed by atoms with Crippen LogP contribution in [0.2, 0.25) is 0 Å². The number of aromatic nitrogens is 3. The van der Waals surface area contributed by atoms with Crippen LogP contribution in [0, 0.1) is 0 Å². The van der Waals surface area contributed by atoms with Crippen LogP contribution in [0.1, 0.15) is 27.2 Å². The van der Waals surface area contributed by atoms with Crippen LogP contribution in [-0.4, -0.2) is 33.0 Å². The molecule has 3 heterocycles. The van der Waals surface area contributed by atoms with E-state index in [1.54, 1.807) is 6.07 Å². The second-order valence-electron chi connectivity index (χ2n) is 6.41. The molecule has 3 N–H and O–H groups in total. The summed E-state index contributed by atoms with van der Waals surface area (Å²) in [5, 5.41) is 17.8. The molecular formula is C20H19N5O2S2. The molecule has 0 saturated heterocycles. The summed E-state index contributed by atoms with van der Waals surface area (Å²) in [7, 11) is 0. The van der Waals surface area contributed by atoms with Crippen molar-refractivity contribution in [3.63, 3.8) is 0 Å². The predicted molar refractivity (Wildman–Crippen MR) is 115 cm³/mol. The van der Waals surface area contributed by atoms with Gasteiger partial charge >= 0.3 is 0 Å². The van der Waals surface area contributed by atoms with Crippen molar-refractivity contribution in [2.45, 2.75) is 25.8 Å². The van der Waals surface area contributed by atoms with Gasteiger partial charge in [-0.25, -0.2) is 0 Å². The zero-order chi connectivity index (χ0) is 20.2. The summed E-state index contributed by atoms with van der Waals surface area (Å²) < 4.78 is 0. The molecule has 3 aromatic heterocycles. The molecule has 0 saturated carbocycles. The molecule has 0 bridgehead atoms. The lowest BCUT2D eigenvalue weighted by Crippen LogP contribution is -2.45. The number of fused-ring (bicyclic) bond motifs is 1. The highest BCUT2D eigenvalue weighted by molar-refractivity contribution is 7.15. The van der Waals surface area contributed by atoms with Crippen LogP contribution in [0.4, 0.5) is 5.13 Å². The third-order valence-electron chi connectivity index (χ3n) is 4.47. The van der Waals surface area contributed by atoms with Gasteiger partial charge in [0.15, 0.2) is 0 Å². The van der Waals surface area contributed by atoms with Crippen LogP contribution < -0.4 is 10.6 Å². The summed E-state index contributed by atoms with van der Waals surface area (Å²) in [5.74, 6) is -0.592. The maximum absolute atomic E-state index is 13.0. The first kappa shape index (κ1) is 19.3. The topological polar surface area (TPSA) is 99.8 Å². The molecule has 0 aliphatic rings. The standard InChI is InChI=1S/C20H19N5O2S2/c1-2-17-24-25-20(29-17)23-18(26)15(22-19(27)16-8-5-9-28-16)10-12-11-21-14-7-4-3-6-13(12)14/h3-9,11,15,21H,2,10H2,1H3,(H,22,27)(H,23,25,26)/t15-/m0/s1. The third kappa shape index (κ3) is 4.36. The van der Waals surface area contributed by atoms with E-state index in [1.165, 1.54) is 22.7 Å². The molecule has 0 fully saturated rings. The van der Waals surface area contributed by atoms with Crippen molar-refractivity contribution in [1.29, 1.82) is 0 Å². The van der Waals surface area contributed by atoms with Crippen molar-refractivity contribution in [2.24, 2.45) is 0 Å². The average molecular weight is 426 g/mol. The Bertz CT molecular complexity index is 1130. The van der Waals surface area contributed by atoms with E-state index in [-0.39, 0.29) is 11.8 Å². The van der Waals surface area contributed by atoms with Gasteiger partial charge in [-0.1, -0.05) is 42.5 Å². The summed E-state index contributed by atoms with van der Waals surface area (Å²) >= 11 is 2.67. The van der Waals surface area contributed by atoms with Crippen molar-refractivity contribution >= 4 is 50.5 Å². The normalized spacial score (nSPS) is 12.0. The lowest BCUT2D eigenvalue weighted by Gasteiger charge is -2.17. The van der Waals surface area contributed by atoms with Gasteiger partial charge in [-0.15, -0.1) is 21.5 Å². The van der Waals surface area contributed by atoms with Crippen LogP contribution in [0.5, 0.6) is 0 Å². The molecule has 0 radical (unpaired) electrons. The number of hydrogen-bond acceptors (Lipinski definition) is 6. The van der Waals surface area contributed by atoms with Gasteiger partial charge in [0.1, 0.15) is 11.0 Å². The number of carbonyl (C=O) groups is 2. The monoisotopic (exact) mass is 425 g/mol. The molecule has 1 aromatic carbocycles. The van der Waals surface area contributed by atoms with Crippen LogP contribution in [0.3, 0.4) is 0 Å². The number of aromatic amines is 1. The first-order valence-corrected chi connectivity index (χ1v) is 10.9. The molecular weight excluding hydrogens is 406 g/mol. The summed E-state index contributed by atoms with van der Waals surface area (Å²) in [4.78, 5) is 29.4. The number of nitrogens with one attached hydrogen (secondary N) is 3. The number of aryl methyl sites for hydroxylation is 1. The fourth-order valence-electron chi connectivity index (χ4n) is 3.01. The van der Waals surface area contributed by atoms with E-state index in [9.17, 15) is 9.59 Å². The van der Waals surface area contributed by atoms with Crippen LogP contribution in [0.25, 0.3) is 10.9 Å². The smallest absolute Gasteiger partial charge is 0.262 e. The van der Waals surface area contributed by atoms with Crippen LogP contribution in [-0.2, 0) is 17.6 Å². The highest BCUT2D eigenvalue weighted by Crippen LogP contribution is 2.21. The third-order valence-corrected chi connectivity index (χ3v) is 6.32. The molecule has 148 valence electrons. The minimum Gasteiger partial charge on any atom is -0.361 e. The van der Waals surface area contributed by atoms with Gasteiger partial charge in [-0.3, -0.25) is 14.9 Å². The van der Waals surface area contributed by atoms with E-state index >= 15 is 0 Å². The summed E-state index contributed by atoms with van der Waals surface area (Å²) in [6, 6.07) is 10.7. The highest BCUT2D eigenvalue weighted by atomic mass is 32.1.